The van der Waals surface area contributed by atoms with Gasteiger partial charge in [0.15, 0.2) is 5.96 Å². The fraction of sp³-hybridized carbons (Fsp3) is 0.535. The molecule has 0 unspecified atom stereocenters. The van der Waals surface area contributed by atoms with Crippen LogP contribution in [0.25, 0.3) is 10.9 Å². The van der Waals surface area contributed by atoms with Crippen molar-refractivity contribution in [2.45, 2.75) is 163 Å². The van der Waals surface area contributed by atoms with Crippen LogP contribution in [0, 0.1) is 11.3 Å². The fourth-order valence-corrected chi connectivity index (χ4v) is 12.4. The largest absolute Gasteiger partial charge is 0.481 e. The van der Waals surface area contributed by atoms with Crippen molar-refractivity contribution in [1.82, 2.24) is 89.2 Å². The Morgan fingerprint density at radius 3 is 1.48 bits per heavy atom. The zero-order valence-corrected chi connectivity index (χ0v) is 64.0. The van der Waals surface area contributed by atoms with Crippen molar-refractivity contribution in [3.8, 4) is 0 Å². The molecule has 0 bridgehead atoms. The molecule has 46 nitrogen and oxygen atoms in total. The number of aromatic nitrogens is 1. The summed E-state index contributed by atoms with van der Waals surface area (Å²) in [6.07, 6.45) is -0.341. The molecule has 14 atom stereocenters. The van der Waals surface area contributed by atoms with Crippen molar-refractivity contribution < 1.29 is 122 Å². The van der Waals surface area contributed by atoms with Crippen LogP contribution in [0.1, 0.15) is 82.8 Å². The van der Waals surface area contributed by atoms with Gasteiger partial charge in [0.1, 0.15) is 72.5 Å². The second-order valence-electron chi connectivity index (χ2n) is 27.5. The number of aliphatic hydroxyl groups is 5. The lowest BCUT2D eigenvalue weighted by Crippen LogP contribution is -2.62. The number of nitrogens with one attached hydrogen (secondary N) is 16. The number of aliphatic carboxylic acids is 2. The van der Waals surface area contributed by atoms with Gasteiger partial charge in [-0.15, -0.1) is 0 Å². The predicted molar refractivity (Wildman–Crippen MR) is 406 cm³/mol. The number of carbonyl (C=O) groups excluding carboxylic acids is 16. The molecule has 3 heterocycles. The van der Waals surface area contributed by atoms with E-state index in [4.69, 9.17) is 37.9 Å². The Balaban J connectivity index is 1.35. The molecule has 642 valence electrons. The summed E-state index contributed by atoms with van der Waals surface area (Å²) in [7, 11) is 0. The van der Waals surface area contributed by atoms with E-state index in [0.29, 0.717) is 22.0 Å². The molecular formula is C71H103N21O25. The minimum Gasteiger partial charge on any atom is -0.481 e. The smallest absolute Gasteiger partial charge is 0.328 e. The zero-order chi connectivity index (χ0) is 86.8. The molecule has 5 rings (SSSR count). The van der Waals surface area contributed by atoms with E-state index in [1.807, 2.05) is 10.6 Å². The van der Waals surface area contributed by atoms with E-state index in [9.17, 15) is 92.3 Å². The van der Waals surface area contributed by atoms with E-state index in [-0.39, 0.29) is 77.4 Å². The highest BCUT2D eigenvalue weighted by Gasteiger charge is 2.44. The van der Waals surface area contributed by atoms with Crippen molar-refractivity contribution in [3.05, 3.63) is 71.9 Å². The first-order valence-electron chi connectivity index (χ1n) is 37.2. The standard InChI is InChI=1S/C71H103N21O25/c1-3-35(2)57(90-66(112)51-18-11-21-92(51)69(115)44(25-52(73)98)85-62(108)47(32-95)88-63(109)46(31-94)86-58(104)39(72)24-56(102)103)67(113)84-42(22-36-12-5-4-6-13-36)60(106)83-43(23-37-26-77-40-15-8-7-14-38(37)40)61(107)82-41(16-9-19-76-71(74)75)68(114)91-20-10-17-50(91)65(111)89-48(33-96)64(110)87-45(30-93)59(105)80-28-54(100)78-27-53(99)79-29-55(101)81-49(34-97)70(116)117/h4-8,12-15,26,35,39,41-51,57,77,93-97H,3,9-11,16-25,27-34,72H2,1-2H3,(H2,73,98)(H,78,100)(H,79,99)(H,80,105)(H,81,101)(H,82,107)(H,83,106)(H,84,113)(H,85,108)(H,86,104)(H,87,110)(H,88,109)(H,89,111)(H,90,112)(H,102,103)(H,116,117)(H4,74,75,76)/t35-,39-,41-,42-,43-,44-,45-,46-,47-,48-,49-,50-,51-,57-/m0/s1. The minimum absolute atomic E-state index is 0.0149. The van der Waals surface area contributed by atoms with Crippen molar-refractivity contribution in [2.75, 3.05) is 72.3 Å². The Morgan fingerprint density at radius 1 is 0.496 bits per heavy atom. The van der Waals surface area contributed by atoms with Gasteiger partial charge in [-0.2, -0.15) is 0 Å². The maximum absolute atomic E-state index is 15.3. The topological polar surface area (TPSA) is 741 Å². The Labute approximate surface area is 668 Å². The number of rotatable bonds is 48. The van der Waals surface area contributed by atoms with Crippen LogP contribution in [0.3, 0.4) is 0 Å². The summed E-state index contributed by atoms with van der Waals surface area (Å²) in [5.41, 5.74) is 18.2. The number of guanidine groups is 1. The molecule has 0 radical (unpaired) electrons. The lowest BCUT2D eigenvalue weighted by molar-refractivity contribution is -0.144. The highest BCUT2D eigenvalue weighted by molar-refractivity contribution is 6.02. The van der Waals surface area contributed by atoms with Crippen LogP contribution in [0.5, 0.6) is 0 Å². The molecule has 2 aliphatic heterocycles. The third kappa shape index (κ3) is 29.7. The number of fused-ring (bicyclic) bond motifs is 1. The third-order valence-corrected chi connectivity index (χ3v) is 18.9. The lowest BCUT2D eigenvalue weighted by Gasteiger charge is -2.32. The van der Waals surface area contributed by atoms with Gasteiger partial charge < -0.3 is 142 Å². The van der Waals surface area contributed by atoms with E-state index >= 15 is 14.4 Å². The second kappa shape index (κ2) is 47.4. The van der Waals surface area contributed by atoms with E-state index in [1.165, 1.54) is 0 Å². The molecule has 2 aliphatic rings. The molecule has 46 heteroatoms. The van der Waals surface area contributed by atoms with Crippen molar-refractivity contribution in [3.63, 3.8) is 0 Å². The van der Waals surface area contributed by atoms with Gasteiger partial charge in [0.05, 0.1) is 71.6 Å². The highest BCUT2D eigenvalue weighted by atomic mass is 16.4. The Hall–Kier alpha value is -12.5. The predicted octanol–water partition coefficient (Wildman–Crippen LogP) is -11.8. The summed E-state index contributed by atoms with van der Waals surface area (Å²) < 4.78 is 0. The number of primary amides is 1. The molecule has 0 aliphatic carbocycles. The number of carboxylic acid groups (broad SMARTS) is 2. The number of aromatic amines is 1. The van der Waals surface area contributed by atoms with Crippen LogP contribution in [-0.2, 0) is 99.1 Å². The second-order valence-corrected chi connectivity index (χ2v) is 27.5. The first-order chi connectivity index (χ1) is 55.6. The maximum atomic E-state index is 15.3. The highest BCUT2D eigenvalue weighted by Crippen LogP contribution is 2.24. The number of hydrogen-bond acceptors (Lipinski definition) is 25. The molecule has 1 aromatic heterocycles. The average Bonchev–Trinajstić information content (AvgIpc) is 1.74. The Morgan fingerprint density at radius 2 is 0.949 bits per heavy atom. The summed E-state index contributed by atoms with van der Waals surface area (Å²) in [5.74, 6) is -20.9. The molecule has 2 aromatic carbocycles. The number of nitrogens with zero attached hydrogens (tertiary/aromatic N) is 2. The van der Waals surface area contributed by atoms with Gasteiger partial charge in [-0.05, 0) is 61.6 Å². The molecule has 29 N–H and O–H groups in total. The molecule has 3 aromatic rings. The summed E-state index contributed by atoms with van der Waals surface area (Å²) >= 11 is 0. The van der Waals surface area contributed by atoms with Crippen molar-refractivity contribution in [1.29, 1.82) is 5.41 Å². The van der Waals surface area contributed by atoms with Crippen LogP contribution in [0.2, 0.25) is 0 Å². The van der Waals surface area contributed by atoms with Crippen LogP contribution < -0.4 is 91.6 Å². The summed E-state index contributed by atoms with van der Waals surface area (Å²) in [4.78, 5) is 246. The van der Waals surface area contributed by atoms with Gasteiger partial charge in [0.2, 0.25) is 94.5 Å². The molecule has 117 heavy (non-hydrogen) atoms. The SMILES string of the molecule is CC[C@H](C)[C@H](NC(=O)[C@@H]1CCCN1C(=O)[C@H](CC(N)=O)NC(=O)[C@H](CO)NC(=O)[C@H](CO)NC(=O)[C@@H](N)CC(=O)O)C(=O)N[C@@H](Cc1ccccc1)C(=O)N[C@@H](Cc1c[nH]c2ccccc12)C(=O)N[C@@H](CCCNC(=N)N)C(=O)N1CCC[C@H]1C(=O)N[C@@H](CO)C(=O)N[C@@H](CO)C(=O)NCC(=O)NCC(=O)NCC(=O)N[C@@H](CO)C(=O)O. The summed E-state index contributed by atoms with van der Waals surface area (Å²) in [5, 5.41) is 109. The maximum Gasteiger partial charge on any atom is 0.328 e. The Kier molecular flexibility index (Phi) is 38.5. The van der Waals surface area contributed by atoms with E-state index in [2.05, 4.69) is 68.8 Å². The molecule has 2 fully saturated rings. The number of carboxylic acids is 2. The first-order valence-corrected chi connectivity index (χ1v) is 37.2. The van der Waals surface area contributed by atoms with Gasteiger partial charge in [-0.25, -0.2) is 4.79 Å². The average molecular weight is 1650 g/mol. The van der Waals surface area contributed by atoms with Gasteiger partial charge in [0.25, 0.3) is 0 Å². The van der Waals surface area contributed by atoms with E-state index in [1.54, 1.807) is 74.6 Å². The number of nitrogens with two attached hydrogens (primary N) is 3. The molecule has 0 saturated carbocycles. The number of amides is 16. The minimum atomic E-state index is -1.93. The lowest BCUT2D eigenvalue weighted by atomic mass is 9.96. The summed E-state index contributed by atoms with van der Waals surface area (Å²) in [6.45, 7) is -4.68. The van der Waals surface area contributed by atoms with Crippen LogP contribution in [0.4, 0.5) is 0 Å². The number of para-hydroxylation sites is 1. The quantitative estimate of drug-likeness (QED) is 0.0142. The first kappa shape index (κ1) is 95.1. The van der Waals surface area contributed by atoms with Gasteiger partial charge >= 0.3 is 11.9 Å². The number of H-pyrrole nitrogens is 1. The van der Waals surface area contributed by atoms with Crippen molar-refractivity contribution in [2.24, 2.45) is 23.1 Å². The number of aliphatic hydroxyl groups excluding tert-OH is 5. The molecular weight excluding hydrogens is 1550 g/mol. The number of likely N-dealkylation sites (tertiary alicyclic amines) is 2. The fourth-order valence-electron chi connectivity index (χ4n) is 12.4. The zero-order valence-electron chi connectivity index (χ0n) is 64.0. The van der Waals surface area contributed by atoms with Gasteiger partial charge in [-0.1, -0.05) is 68.8 Å². The summed E-state index contributed by atoms with van der Waals surface area (Å²) in [6, 6.07) is -6.26. The van der Waals surface area contributed by atoms with E-state index < -0.39 is 262 Å². The van der Waals surface area contributed by atoms with Crippen LogP contribution in [-0.4, -0.2) is 314 Å². The normalized spacial score (nSPS) is 16.7. The number of benzene rings is 2. The molecule has 16 amide bonds. The number of hydrogen-bond donors (Lipinski definition) is 26. The van der Waals surface area contributed by atoms with Crippen molar-refractivity contribution >= 4 is 123 Å². The number of carbonyl (C=O) groups is 18. The van der Waals surface area contributed by atoms with Crippen LogP contribution in [0.15, 0.2) is 60.8 Å². The monoisotopic (exact) mass is 1650 g/mol. The molecule has 0 spiro atoms. The van der Waals surface area contributed by atoms with Gasteiger partial charge in [-0.3, -0.25) is 86.9 Å². The van der Waals surface area contributed by atoms with Gasteiger partial charge in [0, 0.05) is 49.6 Å². The molecule has 2 saturated heterocycles. The van der Waals surface area contributed by atoms with Crippen LogP contribution >= 0.6 is 0 Å². The third-order valence-electron chi connectivity index (χ3n) is 18.9. The Bertz CT molecular complexity index is 4060. The van der Waals surface area contributed by atoms with E-state index in [0.717, 1.165) is 9.80 Å².